The summed E-state index contributed by atoms with van der Waals surface area (Å²) in [5.41, 5.74) is 2.92. The molecular weight excluding hydrogens is 354 g/mol. The minimum Gasteiger partial charge on any atom is -0.468 e. The minimum atomic E-state index is 0.0521. The molecule has 4 rings (SSSR count). The quantitative estimate of drug-likeness (QED) is 0.706. The Balaban J connectivity index is 1.24. The largest absolute Gasteiger partial charge is 0.468 e. The van der Waals surface area contributed by atoms with Crippen LogP contribution in [0.3, 0.4) is 0 Å². The summed E-state index contributed by atoms with van der Waals surface area (Å²) in [7, 11) is 0. The second kappa shape index (κ2) is 8.44. The summed E-state index contributed by atoms with van der Waals surface area (Å²) < 4.78 is 10.8. The van der Waals surface area contributed by atoms with Crippen LogP contribution in [-0.2, 0) is 17.9 Å². The van der Waals surface area contributed by atoms with Crippen molar-refractivity contribution in [3.8, 4) is 11.3 Å². The average molecular weight is 379 g/mol. The zero-order valence-corrected chi connectivity index (χ0v) is 16.1. The van der Waals surface area contributed by atoms with Crippen molar-refractivity contribution in [1.29, 1.82) is 0 Å². The van der Waals surface area contributed by atoms with Gasteiger partial charge in [-0.1, -0.05) is 35.0 Å². The van der Waals surface area contributed by atoms with Crippen molar-refractivity contribution < 1.29 is 13.7 Å². The molecule has 0 bridgehead atoms. The maximum absolute atomic E-state index is 12.5. The van der Waals surface area contributed by atoms with Gasteiger partial charge in [-0.3, -0.25) is 9.69 Å². The van der Waals surface area contributed by atoms with Crippen LogP contribution in [0.4, 0.5) is 0 Å². The second-order valence-corrected chi connectivity index (χ2v) is 7.40. The number of hydrogen-bond donors (Lipinski definition) is 1. The van der Waals surface area contributed by atoms with Crippen LogP contribution >= 0.6 is 0 Å². The van der Waals surface area contributed by atoms with Crippen LogP contribution in [-0.4, -0.2) is 29.1 Å². The van der Waals surface area contributed by atoms with Crippen molar-refractivity contribution in [3.63, 3.8) is 0 Å². The highest BCUT2D eigenvalue weighted by atomic mass is 16.5. The van der Waals surface area contributed by atoms with Gasteiger partial charge in [-0.25, -0.2) is 0 Å². The lowest BCUT2D eigenvalue weighted by molar-refractivity contribution is -0.126. The topological polar surface area (TPSA) is 71.5 Å². The number of hydrogen-bond acceptors (Lipinski definition) is 5. The number of nitrogens with zero attached hydrogens (tertiary/aromatic N) is 2. The molecule has 1 aliphatic rings. The summed E-state index contributed by atoms with van der Waals surface area (Å²) in [6.07, 6.45) is 3.42. The van der Waals surface area contributed by atoms with E-state index in [0.29, 0.717) is 6.54 Å². The molecule has 1 fully saturated rings. The number of nitrogens with one attached hydrogen (secondary N) is 1. The van der Waals surface area contributed by atoms with Gasteiger partial charge in [0.25, 0.3) is 0 Å². The molecule has 0 unspecified atom stereocenters. The predicted molar refractivity (Wildman–Crippen MR) is 105 cm³/mol. The van der Waals surface area contributed by atoms with Crippen LogP contribution < -0.4 is 5.32 Å². The van der Waals surface area contributed by atoms with Crippen molar-refractivity contribution in [3.05, 3.63) is 65.7 Å². The van der Waals surface area contributed by atoms with Crippen molar-refractivity contribution in [1.82, 2.24) is 15.4 Å². The molecule has 146 valence electrons. The van der Waals surface area contributed by atoms with Crippen molar-refractivity contribution >= 4 is 5.91 Å². The summed E-state index contributed by atoms with van der Waals surface area (Å²) >= 11 is 0. The molecule has 6 heteroatoms. The highest BCUT2D eigenvalue weighted by molar-refractivity contribution is 5.78. The monoisotopic (exact) mass is 379 g/mol. The van der Waals surface area contributed by atoms with Crippen molar-refractivity contribution in [2.75, 3.05) is 13.1 Å². The van der Waals surface area contributed by atoms with Crippen molar-refractivity contribution in [2.45, 2.75) is 32.9 Å². The normalized spacial score (nSPS) is 15.6. The third-order valence-electron chi connectivity index (χ3n) is 5.26. The van der Waals surface area contributed by atoms with Crippen LogP contribution in [0.5, 0.6) is 0 Å². The first-order valence-electron chi connectivity index (χ1n) is 9.72. The lowest BCUT2D eigenvalue weighted by Gasteiger charge is -2.30. The zero-order valence-electron chi connectivity index (χ0n) is 16.1. The smallest absolute Gasteiger partial charge is 0.223 e. The number of furan rings is 1. The molecule has 0 aliphatic carbocycles. The molecule has 3 aromatic rings. The first kappa shape index (κ1) is 18.5. The molecular formula is C22H25N3O3. The molecule has 1 aromatic carbocycles. The Hall–Kier alpha value is -2.86. The SMILES string of the molecule is Cc1ccc(-c2cc(CNC(=O)C3CCN(Cc4ccco4)CC3)no2)cc1. The fourth-order valence-electron chi connectivity index (χ4n) is 3.55. The predicted octanol–water partition coefficient (Wildman–Crippen LogP) is 3.77. The third kappa shape index (κ3) is 4.51. The first-order valence-corrected chi connectivity index (χ1v) is 9.72. The third-order valence-corrected chi connectivity index (χ3v) is 5.26. The van der Waals surface area contributed by atoms with Crippen LogP contribution in [0.2, 0.25) is 0 Å². The molecule has 3 heterocycles. The van der Waals surface area contributed by atoms with Gasteiger partial charge in [0.15, 0.2) is 5.76 Å². The Bertz CT molecular complexity index is 892. The molecule has 0 saturated carbocycles. The van der Waals surface area contributed by atoms with Crippen LogP contribution in [0, 0.1) is 12.8 Å². The number of likely N-dealkylation sites (tertiary alicyclic amines) is 1. The number of aromatic nitrogens is 1. The number of carbonyl (C=O) groups excluding carboxylic acids is 1. The van der Waals surface area contributed by atoms with E-state index in [4.69, 9.17) is 8.94 Å². The van der Waals surface area contributed by atoms with E-state index in [2.05, 4.69) is 15.4 Å². The van der Waals surface area contributed by atoms with Crippen LogP contribution in [0.25, 0.3) is 11.3 Å². The number of carbonyl (C=O) groups is 1. The molecule has 0 atom stereocenters. The van der Waals surface area contributed by atoms with E-state index in [9.17, 15) is 4.79 Å². The zero-order chi connectivity index (χ0) is 19.3. The van der Waals surface area contributed by atoms with E-state index in [-0.39, 0.29) is 11.8 Å². The molecule has 1 aliphatic heterocycles. The van der Waals surface area contributed by atoms with Gasteiger partial charge in [0.1, 0.15) is 11.5 Å². The van der Waals surface area contributed by atoms with E-state index in [1.165, 1.54) is 5.56 Å². The van der Waals surface area contributed by atoms with E-state index in [0.717, 1.165) is 55.3 Å². The van der Waals surface area contributed by atoms with Gasteiger partial charge >= 0.3 is 0 Å². The number of rotatable bonds is 6. The Kier molecular flexibility index (Phi) is 5.58. The van der Waals surface area contributed by atoms with E-state index < -0.39 is 0 Å². The number of benzene rings is 1. The fraction of sp³-hybridized carbons (Fsp3) is 0.364. The van der Waals surface area contributed by atoms with Gasteiger partial charge in [0.2, 0.25) is 5.91 Å². The van der Waals surface area contributed by atoms with Gasteiger partial charge in [-0.15, -0.1) is 0 Å². The molecule has 1 saturated heterocycles. The van der Waals surface area contributed by atoms with Gasteiger partial charge in [-0.2, -0.15) is 0 Å². The van der Waals surface area contributed by atoms with Gasteiger partial charge < -0.3 is 14.3 Å². The summed E-state index contributed by atoms with van der Waals surface area (Å²) in [6, 6.07) is 13.9. The average Bonchev–Trinajstić information content (AvgIpc) is 3.39. The van der Waals surface area contributed by atoms with Gasteiger partial charge in [-0.05, 0) is 45.0 Å². The lowest BCUT2D eigenvalue weighted by Crippen LogP contribution is -2.40. The molecule has 28 heavy (non-hydrogen) atoms. The highest BCUT2D eigenvalue weighted by Gasteiger charge is 2.25. The molecule has 0 radical (unpaired) electrons. The maximum Gasteiger partial charge on any atom is 0.223 e. The summed E-state index contributed by atoms with van der Waals surface area (Å²) in [5, 5.41) is 7.08. The summed E-state index contributed by atoms with van der Waals surface area (Å²) in [6.45, 7) is 5.05. The summed E-state index contributed by atoms with van der Waals surface area (Å²) in [5.74, 6) is 1.84. The second-order valence-electron chi connectivity index (χ2n) is 7.40. The Morgan fingerprint density at radius 2 is 2.00 bits per heavy atom. The number of aryl methyl sites for hydroxylation is 1. The van der Waals surface area contributed by atoms with Crippen molar-refractivity contribution in [2.24, 2.45) is 5.92 Å². The lowest BCUT2D eigenvalue weighted by atomic mass is 9.96. The molecule has 0 spiro atoms. The minimum absolute atomic E-state index is 0.0521. The Morgan fingerprint density at radius 3 is 2.71 bits per heavy atom. The molecule has 1 N–H and O–H groups in total. The summed E-state index contributed by atoms with van der Waals surface area (Å²) in [4.78, 5) is 14.8. The Labute approximate surface area is 164 Å². The number of piperidine rings is 1. The first-order chi connectivity index (χ1) is 13.7. The van der Waals surface area contributed by atoms with Crippen LogP contribution in [0.15, 0.2) is 57.7 Å². The number of amides is 1. The highest BCUT2D eigenvalue weighted by Crippen LogP contribution is 2.22. The van der Waals surface area contributed by atoms with Gasteiger partial charge in [0, 0.05) is 17.5 Å². The van der Waals surface area contributed by atoms with Gasteiger partial charge in [0.05, 0.1) is 19.4 Å². The van der Waals surface area contributed by atoms with E-state index in [1.807, 2.05) is 49.4 Å². The van der Waals surface area contributed by atoms with E-state index >= 15 is 0 Å². The molecule has 1 amide bonds. The molecule has 2 aromatic heterocycles. The molecule has 6 nitrogen and oxygen atoms in total. The Morgan fingerprint density at radius 1 is 1.21 bits per heavy atom. The van der Waals surface area contributed by atoms with E-state index in [1.54, 1.807) is 6.26 Å². The standard InChI is InChI=1S/C22H25N3O3/c1-16-4-6-17(7-5-16)21-13-19(24-28-21)14-23-22(26)18-8-10-25(11-9-18)15-20-3-2-12-27-20/h2-7,12-13,18H,8-11,14-15H2,1H3,(H,23,26). The fourth-order valence-corrected chi connectivity index (χ4v) is 3.55. The van der Waals surface area contributed by atoms with Crippen LogP contribution in [0.1, 0.15) is 29.9 Å². The maximum atomic E-state index is 12.5.